The molecule has 0 bridgehead atoms. The molecule has 1 N–H and O–H groups in total. The van der Waals surface area contributed by atoms with E-state index < -0.39 is 27.4 Å². The highest BCUT2D eigenvalue weighted by Crippen LogP contribution is 2.29. The fraction of sp³-hybridized carbons (Fsp3) is 0.381. The number of ether oxygens (including phenoxy) is 1. The van der Waals surface area contributed by atoms with Crippen LogP contribution in [0.3, 0.4) is 0 Å². The molecule has 0 radical (unpaired) electrons. The number of rotatable bonds is 8. The third kappa shape index (κ3) is 4.76. The monoisotopic (exact) mass is 421 g/mol. The second kappa shape index (κ2) is 8.92. The van der Waals surface area contributed by atoms with Crippen molar-refractivity contribution in [3.05, 3.63) is 60.2 Å². The van der Waals surface area contributed by atoms with Crippen LogP contribution in [0.15, 0.2) is 59.5 Å². The minimum atomic E-state index is -4.33. The first-order valence-electron chi connectivity index (χ1n) is 9.34. The number of halogens is 1. The van der Waals surface area contributed by atoms with E-state index in [-0.39, 0.29) is 23.8 Å². The van der Waals surface area contributed by atoms with Gasteiger partial charge in [-0.1, -0.05) is 30.3 Å². The fourth-order valence-corrected chi connectivity index (χ4v) is 4.83. The minimum absolute atomic E-state index is 0.0749. The van der Waals surface area contributed by atoms with Gasteiger partial charge in [0.15, 0.2) is 0 Å². The molecule has 1 fully saturated rings. The quantitative estimate of drug-likeness (QED) is 0.707. The number of nitrogens with zero attached hydrogens (tertiary/aromatic N) is 1. The topological polar surface area (TPSA) is 83.9 Å². The van der Waals surface area contributed by atoms with Crippen molar-refractivity contribution in [2.24, 2.45) is 5.92 Å². The molecule has 29 heavy (non-hydrogen) atoms. The number of likely N-dealkylation sites (tertiary alicyclic amines) is 1. The number of benzene rings is 2. The summed E-state index contributed by atoms with van der Waals surface area (Å²) in [5, 5.41) is 10.3. The van der Waals surface area contributed by atoms with Crippen LogP contribution in [-0.2, 0) is 21.1 Å². The van der Waals surface area contributed by atoms with Gasteiger partial charge in [0.25, 0.3) is 0 Å². The van der Waals surface area contributed by atoms with Crippen LogP contribution in [0.1, 0.15) is 12.0 Å². The first kappa shape index (κ1) is 21.3. The molecule has 1 aliphatic heterocycles. The van der Waals surface area contributed by atoms with Crippen LogP contribution in [0.4, 0.5) is 4.39 Å². The Balaban J connectivity index is 1.61. The first-order valence-corrected chi connectivity index (χ1v) is 10.9. The van der Waals surface area contributed by atoms with Crippen LogP contribution in [-0.4, -0.2) is 56.1 Å². The number of aliphatic hydroxyl groups excluding tert-OH is 1. The van der Waals surface area contributed by atoms with Crippen molar-refractivity contribution in [3.63, 3.8) is 0 Å². The number of alkyl halides is 1. The second-order valence-corrected chi connectivity index (χ2v) is 9.11. The largest absolute Gasteiger partial charge is 0.497 e. The highest BCUT2D eigenvalue weighted by atomic mass is 32.2. The van der Waals surface area contributed by atoms with Gasteiger partial charge in [0.2, 0.25) is 21.2 Å². The molecule has 2 aromatic carbocycles. The molecule has 1 heterocycles. The van der Waals surface area contributed by atoms with Crippen LogP contribution in [0.25, 0.3) is 0 Å². The van der Waals surface area contributed by atoms with Gasteiger partial charge in [-0.15, -0.1) is 0 Å². The van der Waals surface area contributed by atoms with Crippen LogP contribution >= 0.6 is 0 Å². The summed E-state index contributed by atoms with van der Waals surface area (Å²) in [6.45, 7) is 0.539. The lowest BCUT2D eigenvalue weighted by Crippen LogP contribution is -2.38. The fourth-order valence-electron chi connectivity index (χ4n) is 3.44. The lowest BCUT2D eigenvalue weighted by molar-refractivity contribution is -0.127. The summed E-state index contributed by atoms with van der Waals surface area (Å²) in [7, 11) is -2.75. The molecule has 2 aromatic rings. The molecule has 1 aliphatic rings. The standard InChI is InChI=1S/C21H24FNO5S/c1-28-17-9-7-15(8-10-17)11-12-23-14-16(13-19(23)24)20(25)21(22)29(26,27)18-5-3-2-4-6-18/h2-10,16,20-21,25H,11-14H2,1H3/t16-,20?,21-/m1/s1. The lowest BCUT2D eigenvalue weighted by atomic mass is 10.0. The van der Waals surface area contributed by atoms with Gasteiger partial charge in [-0.05, 0) is 36.2 Å². The van der Waals surface area contributed by atoms with Crippen LogP contribution in [0.5, 0.6) is 5.75 Å². The maximum atomic E-state index is 14.7. The summed E-state index contributed by atoms with van der Waals surface area (Å²) >= 11 is 0. The van der Waals surface area contributed by atoms with E-state index in [1.54, 1.807) is 18.1 Å². The Morgan fingerprint density at radius 2 is 1.83 bits per heavy atom. The molecule has 0 spiro atoms. The zero-order chi connectivity index (χ0) is 21.0. The minimum Gasteiger partial charge on any atom is -0.497 e. The van der Waals surface area contributed by atoms with E-state index >= 15 is 0 Å². The summed E-state index contributed by atoms with van der Waals surface area (Å²) in [6, 6.07) is 14.6. The Morgan fingerprint density at radius 3 is 2.45 bits per heavy atom. The number of amides is 1. The van der Waals surface area contributed by atoms with Crippen molar-refractivity contribution in [2.45, 2.75) is 29.3 Å². The average Bonchev–Trinajstić information content (AvgIpc) is 3.12. The van der Waals surface area contributed by atoms with Crippen molar-refractivity contribution in [3.8, 4) is 5.75 Å². The smallest absolute Gasteiger partial charge is 0.231 e. The molecule has 1 unspecified atom stereocenters. The van der Waals surface area contributed by atoms with E-state index in [0.29, 0.717) is 13.0 Å². The van der Waals surface area contributed by atoms with Gasteiger partial charge in [-0.3, -0.25) is 4.79 Å². The average molecular weight is 421 g/mol. The molecule has 3 rings (SSSR count). The molecule has 3 atom stereocenters. The molecular weight excluding hydrogens is 397 g/mol. The van der Waals surface area contributed by atoms with Crippen molar-refractivity contribution >= 4 is 15.7 Å². The van der Waals surface area contributed by atoms with Gasteiger partial charge in [0.05, 0.1) is 12.0 Å². The van der Waals surface area contributed by atoms with Crippen LogP contribution in [0.2, 0.25) is 0 Å². The summed E-state index contributed by atoms with van der Waals surface area (Å²) in [5.41, 5.74) is -1.47. The van der Waals surface area contributed by atoms with E-state index in [9.17, 15) is 22.7 Å². The highest BCUT2D eigenvalue weighted by Gasteiger charge is 2.43. The van der Waals surface area contributed by atoms with E-state index in [0.717, 1.165) is 11.3 Å². The number of carbonyl (C=O) groups is 1. The molecule has 0 saturated carbocycles. The Bertz CT molecular complexity index is 933. The summed E-state index contributed by atoms with van der Waals surface area (Å²) in [6.07, 6.45) is -1.25. The predicted molar refractivity (Wildman–Crippen MR) is 106 cm³/mol. The molecule has 0 aromatic heterocycles. The molecule has 156 valence electrons. The van der Waals surface area contributed by atoms with Gasteiger partial charge in [0, 0.05) is 25.4 Å². The van der Waals surface area contributed by atoms with Gasteiger partial charge >= 0.3 is 0 Å². The summed E-state index contributed by atoms with van der Waals surface area (Å²) in [4.78, 5) is 13.6. The van der Waals surface area contributed by atoms with Crippen LogP contribution < -0.4 is 4.74 Å². The third-order valence-corrected chi connectivity index (χ3v) is 6.99. The Kier molecular flexibility index (Phi) is 6.54. The second-order valence-electron chi connectivity index (χ2n) is 7.10. The maximum Gasteiger partial charge on any atom is 0.231 e. The first-order chi connectivity index (χ1) is 13.8. The summed E-state index contributed by atoms with van der Waals surface area (Å²) in [5.74, 6) is -0.249. The van der Waals surface area contributed by atoms with Gasteiger partial charge < -0.3 is 14.7 Å². The Morgan fingerprint density at radius 1 is 1.17 bits per heavy atom. The number of hydrogen-bond acceptors (Lipinski definition) is 5. The third-order valence-electron chi connectivity index (χ3n) is 5.19. The Labute approximate surface area is 169 Å². The number of sulfone groups is 1. The normalized spacial score (nSPS) is 19.2. The molecule has 1 saturated heterocycles. The molecule has 6 nitrogen and oxygen atoms in total. The maximum absolute atomic E-state index is 14.7. The number of aliphatic hydroxyl groups is 1. The van der Waals surface area contributed by atoms with Crippen molar-refractivity contribution in [1.29, 1.82) is 0 Å². The predicted octanol–water partition coefficient (Wildman–Crippen LogP) is 2.22. The zero-order valence-electron chi connectivity index (χ0n) is 16.1. The van der Waals surface area contributed by atoms with Crippen molar-refractivity contribution in [2.75, 3.05) is 20.2 Å². The van der Waals surface area contributed by atoms with Gasteiger partial charge in [-0.25, -0.2) is 12.8 Å². The molecule has 0 aliphatic carbocycles. The van der Waals surface area contributed by atoms with Crippen molar-refractivity contribution < 1.29 is 27.4 Å². The van der Waals surface area contributed by atoms with Crippen molar-refractivity contribution in [1.82, 2.24) is 4.90 Å². The van der Waals surface area contributed by atoms with E-state index in [1.807, 2.05) is 24.3 Å². The van der Waals surface area contributed by atoms with Gasteiger partial charge in [-0.2, -0.15) is 0 Å². The summed E-state index contributed by atoms with van der Waals surface area (Å²) < 4.78 is 44.6. The highest BCUT2D eigenvalue weighted by molar-refractivity contribution is 7.92. The number of hydrogen-bond donors (Lipinski definition) is 1. The van der Waals surface area contributed by atoms with E-state index in [4.69, 9.17) is 4.74 Å². The number of carbonyl (C=O) groups excluding carboxylic acids is 1. The van der Waals surface area contributed by atoms with E-state index in [2.05, 4.69) is 0 Å². The SMILES string of the molecule is COc1ccc(CCN2C[C@H](C(O)[C@H](F)S(=O)(=O)c3ccccc3)CC2=O)cc1. The lowest BCUT2D eigenvalue weighted by Gasteiger charge is -2.22. The number of methoxy groups -OCH3 is 1. The molecule has 1 amide bonds. The zero-order valence-corrected chi connectivity index (χ0v) is 16.9. The molecular formula is C21H24FNO5S. The molecule has 8 heteroatoms. The van der Waals surface area contributed by atoms with Gasteiger partial charge in [0.1, 0.15) is 11.9 Å². The van der Waals surface area contributed by atoms with E-state index in [1.165, 1.54) is 24.3 Å². The Hall–Kier alpha value is -2.45. The van der Waals surface area contributed by atoms with Crippen LogP contribution in [0, 0.1) is 5.92 Å².